The first-order valence-electron chi connectivity index (χ1n) is 13.9. The quantitative estimate of drug-likeness (QED) is 0.341. The van der Waals surface area contributed by atoms with Crippen molar-refractivity contribution in [3.05, 3.63) is 47.2 Å². The van der Waals surface area contributed by atoms with E-state index in [1.807, 2.05) is 26.8 Å². The van der Waals surface area contributed by atoms with Crippen LogP contribution in [0.2, 0.25) is 0 Å². The van der Waals surface area contributed by atoms with Crippen LogP contribution in [0.25, 0.3) is 10.2 Å². The van der Waals surface area contributed by atoms with Gasteiger partial charge in [0.05, 0.1) is 20.8 Å². The van der Waals surface area contributed by atoms with Crippen molar-refractivity contribution in [2.75, 3.05) is 18.0 Å². The van der Waals surface area contributed by atoms with Gasteiger partial charge in [0.2, 0.25) is 5.91 Å². The maximum atomic E-state index is 15.1. The van der Waals surface area contributed by atoms with E-state index in [9.17, 15) is 14.4 Å². The van der Waals surface area contributed by atoms with Gasteiger partial charge in [-0.15, -0.1) is 11.3 Å². The normalized spacial score (nSPS) is 15.6. The van der Waals surface area contributed by atoms with Crippen LogP contribution in [-0.2, 0) is 9.53 Å². The predicted octanol–water partition coefficient (Wildman–Crippen LogP) is 6.44. The Labute approximate surface area is 247 Å². The molecule has 9 nitrogen and oxygen atoms in total. The van der Waals surface area contributed by atoms with Gasteiger partial charge >= 0.3 is 12.1 Å². The van der Waals surface area contributed by atoms with Gasteiger partial charge in [0.15, 0.2) is 11.6 Å². The molecule has 0 radical (unpaired) electrons. The molecule has 2 N–H and O–H groups in total. The topological polar surface area (TPSA) is 115 Å². The highest BCUT2D eigenvalue weighted by Crippen LogP contribution is 2.37. The highest BCUT2D eigenvalue weighted by Gasteiger charge is 2.36. The minimum atomic E-state index is -0.950. The molecule has 2 aliphatic rings. The number of thiophene rings is 1. The Hall–Kier alpha value is -4.17. The number of aromatic nitrogens is 1. The number of primary amides is 1. The van der Waals surface area contributed by atoms with Crippen LogP contribution in [0.15, 0.2) is 36.5 Å². The summed E-state index contributed by atoms with van der Waals surface area (Å²) in [7, 11) is 0. The predicted molar refractivity (Wildman–Crippen MR) is 158 cm³/mol. The van der Waals surface area contributed by atoms with Crippen molar-refractivity contribution in [1.29, 1.82) is 0 Å². The zero-order chi connectivity index (χ0) is 30.0. The number of anilines is 1. The Morgan fingerprint density at radius 2 is 1.86 bits per heavy atom. The summed E-state index contributed by atoms with van der Waals surface area (Å²) >= 11 is 1.40. The van der Waals surface area contributed by atoms with Crippen LogP contribution in [0.3, 0.4) is 0 Å². The Bertz CT molecular complexity index is 1580. The highest BCUT2D eigenvalue weighted by atomic mass is 32.1. The molecule has 2 aromatic heterocycles. The fourth-order valence-electron chi connectivity index (χ4n) is 4.69. The number of nitrogens with zero attached hydrogens (tertiary/aromatic N) is 3. The summed E-state index contributed by atoms with van der Waals surface area (Å²) < 4.78 is 27.1. The number of carbonyl (C=O) groups is 3. The van der Waals surface area contributed by atoms with Crippen LogP contribution in [0.1, 0.15) is 57.8 Å². The first kappa shape index (κ1) is 29.3. The average molecular weight is 593 g/mol. The van der Waals surface area contributed by atoms with E-state index >= 15 is 4.39 Å². The fourth-order valence-corrected chi connectivity index (χ4v) is 5.63. The molecule has 4 amide bonds. The molecule has 0 unspecified atom stereocenters. The molecular weight excluding hydrogens is 559 g/mol. The third-order valence-corrected chi connectivity index (χ3v) is 8.06. The standard InChI is InChI=1S/C31H33FN4O5S/c1-31(2,3)41-30(39)35-15-12-19(13-16-35)5-4-6-22-18-24-27(42-22)26(11-14-34-24)40-25-10-9-21(17-23(25)32)36(29(33)38)28(37)20-7-8-20/h9-11,14,17-20H,5,7-8,12-13,15-16H2,1-3H3,(H2,33,38). The molecule has 11 heteroatoms. The van der Waals surface area contributed by atoms with Gasteiger partial charge in [0.25, 0.3) is 0 Å². The summed E-state index contributed by atoms with van der Waals surface area (Å²) in [6, 6.07) is 6.45. The van der Waals surface area contributed by atoms with Crippen LogP contribution < -0.4 is 15.4 Å². The summed E-state index contributed by atoms with van der Waals surface area (Å²) in [6.45, 7) is 6.90. The van der Waals surface area contributed by atoms with E-state index in [4.69, 9.17) is 15.2 Å². The SMILES string of the molecule is CC(C)(C)OC(=O)N1CCC(CC#Cc2cc3nccc(Oc4ccc(N(C(N)=O)C(=O)C5CC5)cc4F)c3s2)CC1. The van der Waals surface area contributed by atoms with Crippen molar-refractivity contribution in [3.63, 3.8) is 0 Å². The lowest BCUT2D eigenvalue weighted by Gasteiger charge is -2.32. The lowest BCUT2D eigenvalue weighted by atomic mass is 9.94. The molecule has 1 aromatic carbocycles. The van der Waals surface area contributed by atoms with E-state index in [0.717, 1.165) is 39.8 Å². The number of amides is 4. The van der Waals surface area contributed by atoms with Crippen LogP contribution >= 0.6 is 11.3 Å². The summed E-state index contributed by atoms with van der Waals surface area (Å²) in [6.07, 6.45) is 5.15. The van der Waals surface area contributed by atoms with Gasteiger partial charge in [-0.25, -0.2) is 18.9 Å². The van der Waals surface area contributed by atoms with Crippen molar-refractivity contribution >= 4 is 45.3 Å². The van der Waals surface area contributed by atoms with Gasteiger partial charge in [0.1, 0.15) is 11.4 Å². The highest BCUT2D eigenvalue weighted by molar-refractivity contribution is 7.19. The monoisotopic (exact) mass is 592 g/mol. The van der Waals surface area contributed by atoms with E-state index in [0.29, 0.717) is 43.1 Å². The fraction of sp³-hybridized carbons (Fsp3) is 0.419. The van der Waals surface area contributed by atoms with Gasteiger partial charge in [0, 0.05) is 43.8 Å². The zero-order valence-electron chi connectivity index (χ0n) is 23.8. The molecular formula is C31H33FN4O5S. The van der Waals surface area contributed by atoms with Crippen molar-refractivity contribution in [1.82, 2.24) is 9.88 Å². The number of likely N-dealkylation sites (tertiary alicyclic amines) is 1. The molecule has 0 spiro atoms. The molecule has 0 bridgehead atoms. The Morgan fingerprint density at radius 3 is 2.50 bits per heavy atom. The molecule has 1 aliphatic carbocycles. The third kappa shape index (κ3) is 6.99. The number of rotatable bonds is 5. The summed E-state index contributed by atoms with van der Waals surface area (Å²) in [5.74, 6) is 5.83. The van der Waals surface area contributed by atoms with Crippen molar-refractivity contribution < 1.29 is 28.2 Å². The van der Waals surface area contributed by atoms with Gasteiger partial charge in [-0.3, -0.25) is 9.78 Å². The Balaban J connectivity index is 1.23. The minimum absolute atomic E-state index is 0.0618. The molecule has 5 rings (SSSR count). The van der Waals surface area contributed by atoms with E-state index in [2.05, 4.69) is 16.8 Å². The molecule has 1 saturated carbocycles. The number of hydrogen-bond donors (Lipinski definition) is 1. The van der Waals surface area contributed by atoms with Crippen LogP contribution in [0, 0.1) is 29.5 Å². The van der Waals surface area contributed by atoms with Gasteiger partial charge in [-0.2, -0.15) is 0 Å². The van der Waals surface area contributed by atoms with Crippen molar-refractivity contribution in [2.24, 2.45) is 17.6 Å². The molecule has 1 aliphatic heterocycles. The smallest absolute Gasteiger partial charge is 0.410 e. The molecule has 42 heavy (non-hydrogen) atoms. The number of urea groups is 1. The molecule has 2 fully saturated rings. The van der Waals surface area contributed by atoms with E-state index in [-0.39, 0.29) is 23.4 Å². The lowest BCUT2D eigenvalue weighted by Crippen LogP contribution is -2.41. The largest absolute Gasteiger partial charge is 0.453 e. The Kier molecular flexibility index (Phi) is 8.36. The Morgan fingerprint density at radius 1 is 1.12 bits per heavy atom. The second-order valence-electron chi connectivity index (χ2n) is 11.6. The number of hydrogen-bond acceptors (Lipinski definition) is 7. The minimum Gasteiger partial charge on any atom is -0.453 e. The molecule has 0 atom stereocenters. The second-order valence-corrected chi connectivity index (χ2v) is 12.6. The van der Waals surface area contributed by atoms with E-state index in [1.165, 1.54) is 23.5 Å². The van der Waals surface area contributed by atoms with Crippen LogP contribution in [0.5, 0.6) is 11.5 Å². The van der Waals surface area contributed by atoms with E-state index in [1.54, 1.807) is 17.2 Å². The number of pyridine rings is 1. The van der Waals surface area contributed by atoms with Crippen molar-refractivity contribution in [3.8, 4) is 23.3 Å². The maximum Gasteiger partial charge on any atom is 0.410 e. The van der Waals surface area contributed by atoms with Gasteiger partial charge in [-0.1, -0.05) is 11.8 Å². The lowest BCUT2D eigenvalue weighted by molar-refractivity contribution is -0.119. The molecule has 3 heterocycles. The number of fused-ring (bicyclic) bond motifs is 1. The van der Waals surface area contributed by atoms with E-state index < -0.39 is 23.4 Å². The molecule has 220 valence electrons. The number of nitrogens with two attached hydrogens (primary N) is 1. The first-order valence-corrected chi connectivity index (χ1v) is 14.8. The zero-order valence-corrected chi connectivity index (χ0v) is 24.6. The summed E-state index contributed by atoms with van der Waals surface area (Å²) in [4.78, 5) is 44.4. The number of benzene rings is 1. The number of ether oxygens (including phenoxy) is 2. The van der Waals surface area contributed by atoms with Crippen LogP contribution in [-0.4, -0.2) is 46.6 Å². The van der Waals surface area contributed by atoms with Gasteiger partial charge in [-0.05, 0) is 70.6 Å². The maximum absolute atomic E-state index is 15.1. The molecule has 1 saturated heterocycles. The number of halogens is 1. The number of piperidine rings is 1. The first-order chi connectivity index (χ1) is 20.0. The van der Waals surface area contributed by atoms with Crippen LogP contribution in [0.4, 0.5) is 19.7 Å². The average Bonchev–Trinajstić information content (AvgIpc) is 3.69. The molecule has 3 aromatic rings. The second kappa shape index (κ2) is 12.0. The summed E-state index contributed by atoms with van der Waals surface area (Å²) in [5, 5.41) is 0. The summed E-state index contributed by atoms with van der Waals surface area (Å²) in [5.41, 5.74) is 5.64. The van der Waals surface area contributed by atoms with Crippen molar-refractivity contribution in [2.45, 2.75) is 58.5 Å². The third-order valence-electron chi connectivity index (χ3n) is 7.01. The van der Waals surface area contributed by atoms with Gasteiger partial charge < -0.3 is 20.1 Å². The number of imide groups is 1. The number of carbonyl (C=O) groups excluding carboxylic acids is 3.